The van der Waals surface area contributed by atoms with E-state index in [-0.39, 0.29) is 13.0 Å². The number of aliphatic hydroxyl groups is 1. The Bertz CT molecular complexity index is 301. The van der Waals surface area contributed by atoms with Crippen LogP contribution in [0.4, 0.5) is 0 Å². The molecule has 1 saturated heterocycles. The van der Waals surface area contributed by atoms with Crippen molar-refractivity contribution in [3.05, 3.63) is 0 Å². The molecule has 7 heteroatoms. The maximum atomic E-state index is 11.3. The van der Waals surface area contributed by atoms with Crippen LogP contribution in [0.1, 0.15) is 20.3 Å². The van der Waals surface area contributed by atoms with Gasteiger partial charge in [-0.05, 0) is 13.8 Å². The SMILES string of the molecule is CC1(C)OCC(O)CC(C(N)=O)(C(N)=O)O1. The maximum Gasteiger partial charge on any atom is 0.259 e. The summed E-state index contributed by atoms with van der Waals surface area (Å²) in [5.74, 6) is -3.28. The molecule has 2 amide bonds. The summed E-state index contributed by atoms with van der Waals surface area (Å²) in [5, 5.41) is 9.53. The highest BCUT2D eigenvalue weighted by Crippen LogP contribution is 2.30. The van der Waals surface area contributed by atoms with Crippen LogP contribution in [0.5, 0.6) is 0 Å². The van der Waals surface area contributed by atoms with E-state index in [1.54, 1.807) is 0 Å². The lowest BCUT2D eigenvalue weighted by Gasteiger charge is -2.33. The Morgan fingerprint density at radius 3 is 2.25 bits per heavy atom. The van der Waals surface area contributed by atoms with Gasteiger partial charge >= 0.3 is 0 Å². The van der Waals surface area contributed by atoms with E-state index in [1.807, 2.05) is 0 Å². The monoisotopic (exact) mass is 232 g/mol. The molecule has 5 N–H and O–H groups in total. The van der Waals surface area contributed by atoms with Crippen LogP contribution in [0.25, 0.3) is 0 Å². The van der Waals surface area contributed by atoms with Gasteiger partial charge in [-0.2, -0.15) is 0 Å². The van der Waals surface area contributed by atoms with Crippen molar-refractivity contribution in [3.63, 3.8) is 0 Å². The van der Waals surface area contributed by atoms with Crippen LogP contribution in [0.3, 0.4) is 0 Å². The smallest absolute Gasteiger partial charge is 0.259 e. The van der Waals surface area contributed by atoms with E-state index in [0.717, 1.165) is 0 Å². The summed E-state index contributed by atoms with van der Waals surface area (Å²) in [7, 11) is 0. The molecule has 0 aromatic heterocycles. The van der Waals surface area contributed by atoms with Crippen molar-refractivity contribution in [2.75, 3.05) is 6.61 Å². The van der Waals surface area contributed by atoms with E-state index in [0.29, 0.717) is 0 Å². The predicted octanol–water partition coefficient (Wildman–Crippen LogP) is -1.77. The number of aliphatic hydroxyl groups excluding tert-OH is 1. The molecule has 92 valence electrons. The minimum absolute atomic E-state index is 0.0602. The maximum absolute atomic E-state index is 11.3. The molecule has 0 saturated carbocycles. The van der Waals surface area contributed by atoms with Crippen molar-refractivity contribution in [2.45, 2.75) is 37.8 Å². The lowest BCUT2D eigenvalue weighted by atomic mass is 9.94. The number of rotatable bonds is 2. The third-order valence-corrected chi connectivity index (χ3v) is 2.36. The Labute approximate surface area is 92.7 Å². The van der Waals surface area contributed by atoms with Crippen molar-refractivity contribution in [1.82, 2.24) is 0 Å². The standard InChI is InChI=1S/C9H16N2O5/c1-8(2)15-4-5(12)3-9(16-8,6(10)13)7(11)14/h5,12H,3-4H2,1-2H3,(H2,10,13)(H2,11,14). The zero-order chi connectivity index (χ0) is 12.6. The van der Waals surface area contributed by atoms with Gasteiger partial charge < -0.3 is 26.0 Å². The third-order valence-electron chi connectivity index (χ3n) is 2.36. The number of hydrogen-bond acceptors (Lipinski definition) is 5. The average Bonchev–Trinajstić information content (AvgIpc) is 2.24. The molecule has 0 aromatic rings. The fourth-order valence-electron chi connectivity index (χ4n) is 1.60. The molecule has 0 aromatic carbocycles. The van der Waals surface area contributed by atoms with Crippen LogP contribution < -0.4 is 11.5 Å². The Kier molecular flexibility index (Phi) is 3.22. The summed E-state index contributed by atoms with van der Waals surface area (Å²) >= 11 is 0. The van der Waals surface area contributed by atoms with Gasteiger partial charge in [0, 0.05) is 6.42 Å². The minimum Gasteiger partial charge on any atom is -0.391 e. The van der Waals surface area contributed by atoms with E-state index in [9.17, 15) is 14.7 Å². The van der Waals surface area contributed by atoms with Crippen LogP contribution in [0, 0.1) is 0 Å². The van der Waals surface area contributed by atoms with E-state index in [4.69, 9.17) is 20.9 Å². The molecule has 7 nitrogen and oxygen atoms in total. The van der Waals surface area contributed by atoms with Gasteiger partial charge in [0.05, 0.1) is 12.7 Å². The van der Waals surface area contributed by atoms with Gasteiger partial charge in [0.1, 0.15) is 0 Å². The predicted molar refractivity (Wildman–Crippen MR) is 52.9 cm³/mol. The van der Waals surface area contributed by atoms with Crippen molar-refractivity contribution in [3.8, 4) is 0 Å². The van der Waals surface area contributed by atoms with Crippen LogP contribution >= 0.6 is 0 Å². The fraction of sp³-hybridized carbons (Fsp3) is 0.778. The number of nitrogens with two attached hydrogens (primary N) is 2. The average molecular weight is 232 g/mol. The first-order valence-corrected chi connectivity index (χ1v) is 4.81. The van der Waals surface area contributed by atoms with Crippen molar-refractivity contribution in [1.29, 1.82) is 0 Å². The summed E-state index contributed by atoms with van der Waals surface area (Å²) < 4.78 is 10.4. The first-order valence-electron chi connectivity index (χ1n) is 4.81. The van der Waals surface area contributed by atoms with Crippen LogP contribution in [0.15, 0.2) is 0 Å². The van der Waals surface area contributed by atoms with Gasteiger partial charge in [-0.3, -0.25) is 9.59 Å². The molecule has 0 bridgehead atoms. The molecule has 1 rings (SSSR count). The number of primary amides is 2. The van der Waals surface area contributed by atoms with E-state index < -0.39 is 29.3 Å². The molecule has 1 fully saturated rings. The quantitative estimate of drug-likeness (QED) is 0.486. The number of ether oxygens (including phenoxy) is 2. The summed E-state index contributed by atoms with van der Waals surface area (Å²) in [6, 6.07) is 0. The Balaban J connectivity index is 3.14. The van der Waals surface area contributed by atoms with Crippen molar-refractivity contribution >= 4 is 11.8 Å². The van der Waals surface area contributed by atoms with Gasteiger partial charge in [-0.25, -0.2) is 0 Å². The molecule has 1 aliphatic heterocycles. The highest BCUT2D eigenvalue weighted by atomic mass is 16.7. The Hall–Kier alpha value is -1.18. The molecule has 1 atom stereocenters. The number of carbonyl (C=O) groups excluding carboxylic acids is 2. The second kappa shape index (κ2) is 4.00. The van der Waals surface area contributed by atoms with Gasteiger partial charge in [0.25, 0.3) is 11.8 Å². The largest absolute Gasteiger partial charge is 0.391 e. The van der Waals surface area contributed by atoms with Gasteiger partial charge in [-0.15, -0.1) is 0 Å². The normalized spacial score (nSPS) is 28.1. The van der Waals surface area contributed by atoms with Gasteiger partial charge in [0.15, 0.2) is 5.79 Å². The second-order valence-corrected chi connectivity index (χ2v) is 4.23. The summed E-state index contributed by atoms with van der Waals surface area (Å²) in [4.78, 5) is 22.7. The van der Waals surface area contributed by atoms with E-state index in [2.05, 4.69) is 0 Å². The molecule has 1 aliphatic rings. The molecule has 0 radical (unpaired) electrons. The first kappa shape index (κ1) is 12.9. The molecule has 0 aliphatic carbocycles. The first-order chi connectivity index (χ1) is 7.19. The Morgan fingerprint density at radius 2 is 1.81 bits per heavy atom. The third kappa shape index (κ3) is 2.31. The highest BCUT2D eigenvalue weighted by molar-refractivity contribution is 6.07. The van der Waals surface area contributed by atoms with E-state index >= 15 is 0 Å². The van der Waals surface area contributed by atoms with Crippen LogP contribution in [0.2, 0.25) is 0 Å². The van der Waals surface area contributed by atoms with Crippen molar-refractivity contribution < 1.29 is 24.2 Å². The second-order valence-electron chi connectivity index (χ2n) is 4.23. The Morgan fingerprint density at radius 1 is 1.31 bits per heavy atom. The highest BCUT2D eigenvalue weighted by Gasteiger charge is 2.51. The van der Waals surface area contributed by atoms with Crippen LogP contribution in [-0.2, 0) is 19.1 Å². The number of carbonyl (C=O) groups is 2. The molecule has 0 spiro atoms. The van der Waals surface area contributed by atoms with E-state index in [1.165, 1.54) is 13.8 Å². The summed E-state index contributed by atoms with van der Waals surface area (Å²) in [6.07, 6.45) is -1.34. The fourth-order valence-corrected chi connectivity index (χ4v) is 1.60. The topological polar surface area (TPSA) is 125 Å². The van der Waals surface area contributed by atoms with Crippen molar-refractivity contribution in [2.24, 2.45) is 11.5 Å². The molecule has 1 unspecified atom stereocenters. The zero-order valence-corrected chi connectivity index (χ0v) is 9.23. The lowest BCUT2D eigenvalue weighted by molar-refractivity contribution is -0.246. The van der Waals surface area contributed by atoms with Crippen LogP contribution in [-0.4, -0.2) is 41.0 Å². The molecular weight excluding hydrogens is 216 g/mol. The summed E-state index contributed by atoms with van der Waals surface area (Å²) in [5.41, 5.74) is 8.22. The molecule has 16 heavy (non-hydrogen) atoms. The lowest BCUT2D eigenvalue weighted by Crippen LogP contribution is -2.59. The van der Waals surface area contributed by atoms with Gasteiger partial charge in [0.2, 0.25) is 5.60 Å². The molecular formula is C9H16N2O5. The molecule has 1 heterocycles. The number of amides is 2. The minimum atomic E-state index is -2.03. The van der Waals surface area contributed by atoms with Gasteiger partial charge in [-0.1, -0.05) is 0 Å². The zero-order valence-electron chi connectivity index (χ0n) is 9.23. The number of hydrogen-bond donors (Lipinski definition) is 3. The summed E-state index contributed by atoms with van der Waals surface area (Å²) in [6.45, 7) is 2.95.